The summed E-state index contributed by atoms with van der Waals surface area (Å²) in [5.41, 5.74) is 2.24. The first kappa shape index (κ1) is 17.3. The average molecular weight is 389 g/mol. The van der Waals surface area contributed by atoms with Crippen LogP contribution in [0.1, 0.15) is 40.1 Å². The third-order valence-electron chi connectivity index (χ3n) is 4.35. The molecule has 0 aliphatic carbocycles. The number of amides is 1. The molecule has 0 spiro atoms. The molecule has 0 radical (unpaired) electrons. The van der Waals surface area contributed by atoms with Crippen LogP contribution in [0.15, 0.2) is 17.6 Å². The van der Waals surface area contributed by atoms with Gasteiger partial charge in [0.2, 0.25) is 0 Å². The second-order valence-corrected chi connectivity index (χ2v) is 8.38. The Hall–Kier alpha value is -2.10. The average Bonchev–Trinajstić information content (AvgIpc) is 3.35. The minimum absolute atomic E-state index is 0.231. The van der Waals surface area contributed by atoms with Gasteiger partial charge in [-0.2, -0.15) is 5.10 Å². The maximum Gasteiger partial charge on any atom is 0.277 e. The molecule has 3 aromatic rings. The second-order valence-electron chi connectivity index (χ2n) is 6.32. The molecule has 2 N–H and O–H groups in total. The zero-order valence-electron chi connectivity index (χ0n) is 14.7. The van der Waals surface area contributed by atoms with Crippen LogP contribution in [0.5, 0.6) is 0 Å². The number of hydrogen-bond acceptors (Lipinski definition) is 7. The van der Waals surface area contributed by atoms with Crippen LogP contribution in [0.25, 0.3) is 10.6 Å². The van der Waals surface area contributed by atoms with Crippen molar-refractivity contribution in [2.75, 3.05) is 18.4 Å². The van der Waals surface area contributed by atoms with Gasteiger partial charge in [0.15, 0.2) is 10.8 Å². The summed E-state index contributed by atoms with van der Waals surface area (Å²) in [6.45, 7) is 5.90. The van der Waals surface area contributed by atoms with Gasteiger partial charge in [0.05, 0.1) is 27.3 Å². The smallest absolute Gasteiger partial charge is 0.277 e. The third-order valence-corrected chi connectivity index (χ3v) is 6.20. The van der Waals surface area contributed by atoms with Crippen molar-refractivity contribution in [3.05, 3.63) is 34.0 Å². The van der Waals surface area contributed by atoms with Crippen molar-refractivity contribution >= 4 is 33.7 Å². The van der Waals surface area contributed by atoms with Crippen LogP contribution < -0.4 is 10.6 Å². The molecule has 1 aliphatic rings. The van der Waals surface area contributed by atoms with Gasteiger partial charge >= 0.3 is 0 Å². The van der Waals surface area contributed by atoms with Crippen LogP contribution in [0.4, 0.5) is 5.13 Å². The molecule has 4 heterocycles. The zero-order valence-corrected chi connectivity index (χ0v) is 16.3. The highest BCUT2D eigenvalue weighted by atomic mass is 32.1. The lowest BCUT2D eigenvalue weighted by molar-refractivity contribution is 0.102. The first-order valence-electron chi connectivity index (χ1n) is 8.57. The van der Waals surface area contributed by atoms with E-state index in [-0.39, 0.29) is 5.91 Å². The van der Waals surface area contributed by atoms with Gasteiger partial charge in [0, 0.05) is 18.1 Å². The zero-order chi connectivity index (χ0) is 18.1. The molecule has 1 atom stereocenters. The summed E-state index contributed by atoms with van der Waals surface area (Å²) >= 11 is 3.03. The van der Waals surface area contributed by atoms with Crippen LogP contribution in [0, 0.1) is 13.8 Å². The molecule has 7 nitrogen and oxygen atoms in total. The number of aryl methyl sites for hydroxylation is 2. The first-order chi connectivity index (χ1) is 12.6. The van der Waals surface area contributed by atoms with E-state index in [9.17, 15) is 4.79 Å². The van der Waals surface area contributed by atoms with Gasteiger partial charge in [0.1, 0.15) is 0 Å². The maximum atomic E-state index is 12.5. The molecule has 1 amide bonds. The Kier molecular flexibility index (Phi) is 4.84. The molecule has 1 fully saturated rings. The molecule has 136 valence electrons. The topological polar surface area (TPSA) is 84.7 Å². The molecule has 3 aromatic heterocycles. The highest BCUT2D eigenvalue weighted by Gasteiger charge is 2.19. The largest absolute Gasteiger partial charge is 0.315 e. The van der Waals surface area contributed by atoms with Crippen LogP contribution in [-0.4, -0.2) is 38.7 Å². The molecule has 0 bridgehead atoms. The highest BCUT2D eigenvalue weighted by Crippen LogP contribution is 2.32. The molecule has 1 saturated heterocycles. The third kappa shape index (κ3) is 3.55. The number of rotatable bonds is 4. The number of anilines is 1. The Morgan fingerprint density at radius 3 is 3.00 bits per heavy atom. The van der Waals surface area contributed by atoms with Crippen molar-refractivity contribution < 1.29 is 4.79 Å². The van der Waals surface area contributed by atoms with Crippen LogP contribution >= 0.6 is 22.7 Å². The molecule has 0 aromatic carbocycles. The molecule has 9 heteroatoms. The Balaban J connectivity index is 1.45. The van der Waals surface area contributed by atoms with Gasteiger partial charge < -0.3 is 5.32 Å². The summed E-state index contributed by atoms with van der Waals surface area (Å²) in [6, 6.07) is 2.07. The van der Waals surface area contributed by atoms with Gasteiger partial charge in [-0.15, -0.1) is 22.7 Å². The normalized spacial score (nSPS) is 17.4. The molecule has 0 saturated carbocycles. The maximum absolute atomic E-state index is 12.5. The summed E-state index contributed by atoms with van der Waals surface area (Å²) in [4.78, 5) is 22.5. The van der Waals surface area contributed by atoms with E-state index in [1.807, 2.05) is 30.1 Å². The first-order valence-corrected chi connectivity index (χ1v) is 10.3. The van der Waals surface area contributed by atoms with E-state index < -0.39 is 0 Å². The predicted molar refractivity (Wildman–Crippen MR) is 104 cm³/mol. The Labute approximate surface area is 159 Å². The predicted octanol–water partition coefficient (Wildman–Crippen LogP) is 3.26. The number of carbonyl (C=O) groups is 1. The number of hydrogen-bond donors (Lipinski definition) is 2. The van der Waals surface area contributed by atoms with Gasteiger partial charge in [-0.1, -0.05) is 0 Å². The van der Waals surface area contributed by atoms with E-state index in [2.05, 4.69) is 25.7 Å². The van der Waals surface area contributed by atoms with Crippen molar-refractivity contribution in [1.29, 1.82) is 0 Å². The number of nitrogens with zero attached hydrogens (tertiary/aromatic N) is 4. The van der Waals surface area contributed by atoms with Gasteiger partial charge in [0.25, 0.3) is 5.91 Å². The van der Waals surface area contributed by atoms with Crippen molar-refractivity contribution in [3.8, 4) is 10.6 Å². The minimum atomic E-state index is -0.231. The van der Waals surface area contributed by atoms with E-state index in [0.29, 0.717) is 16.9 Å². The minimum Gasteiger partial charge on any atom is -0.315 e. The van der Waals surface area contributed by atoms with Crippen molar-refractivity contribution in [1.82, 2.24) is 25.1 Å². The van der Waals surface area contributed by atoms with Crippen molar-refractivity contribution in [2.24, 2.45) is 0 Å². The SMILES string of the molecule is Cc1nc(C)c(-c2csc(NC(=O)c3ccn(C4CCCNC4)n3)n2)s1. The van der Waals surface area contributed by atoms with E-state index in [1.165, 1.54) is 11.3 Å². The lowest BCUT2D eigenvalue weighted by Crippen LogP contribution is -2.32. The van der Waals surface area contributed by atoms with E-state index in [1.54, 1.807) is 17.4 Å². The lowest BCUT2D eigenvalue weighted by atomic mass is 10.1. The van der Waals surface area contributed by atoms with Crippen molar-refractivity contribution in [2.45, 2.75) is 32.7 Å². The molecular weight excluding hydrogens is 368 g/mol. The summed E-state index contributed by atoms with van der Waals surface area (Å²) in [5.74, 6) is -0.231. The van der Waals surface area contributed by atoms with Crippen molar-refractivity contribution in [3.63, 3.8) is 0 Å². The number of thiazole rings is 2. The standard InChI is InChI=1S/C17H20N6OS2/c1-10-15(26-11(2)19-10)14-9-25-17(20-14)21-16(24)13-5-7-23(22-13)12-4-3-6-18-8-12/h5,7,9,12,18H,3-4,6,8H2,1-2H3,(H,20,21,24). The van der Waals surface area contributed by atoms with Gasteiger partial charge in [-0.3, -0.25) is 14.8 Å². The summed E-state index contributed by atoms with van der Waals surface area (Å²) in [5, 5.41) is 14.2. The molecule has 4 rings (SSSR count). The number of piperidine rings is 1. The van der Waals surface area contributed by atoms with E-state index in [0.717, 1.165) is 47.2 Å². The Morgan fingerprint density at radius 1 is 1.38 bits per heavy atom. The molecule has 26 heavy (non-hydrogen) atoms. The fourth-order valence-electron chi connectivity index (χ4n) is 3.09. The number of nitrogens with one attached hydrogen (secondary N) is 2. The number of carbonyl (C=O) groups excluding carboxylic acids is 1. The van der Waals surface area contributed by atoms with Crippen LogP contribution in [0.2, 0.25) is 0 Å². The summed E-state index contributed by atoms with van der Waals surface area (Å²) in [6.07, 6.45) is 4.09. The monoisotopic (exact) mass is 388 g/mol. The fourth-order valence-corrected chi connectivity index (χ4v) is 4.74. The quantitative estimate of drug-likeness (QED) is 0.717. The summed E-state index contributed by atoms with van der Waals surface area (Å²) in [7, 11) is 0. The summed E-state index contributed by atoms with van der Waals surface area (Å²) < 4.78 is 1.89. The van der Waals surface area contributed by atoms with E-state index >= 15 is 0 Å². The molecule has 1 unspecified atom stereocenters. The van der Waals surface area contributed by atoms with Gasteiger partial charge in [-0.25, -0.2) is 9.97 Å². The Bertz CT molecular complexity index is 921. The molecule has 1 aliphatic heterocycles. The lowest BCUT2D eigenvalue weighted by Gasteiger charge is -2.22. The van der Waals surface area contributed by atoms with E-state index in [4.69, 9.17) is 0 Å². The fraction of sp³-hybridized carbons (Fsp3) is 0.412. The molecular formula is C17H20N6OS2. The van der Waals surface area contributed by atoms with Gasteiger partial charge in [-0.05, 0) is 39.3 Å². The highest BCUT2D eigenvalue weighted by molar-refractivity contribution is 7.16. The van der Waals surface area contributed by atoms with Crippen LogP contribution in [0.3, 0.4) is 0 Å². The number of aromatic nitrogens is 4. The second kappa shape index (κ2) is 7.26. The Morgan fingerprint density at radius 2 is 2.27 bits per heavy atom. The van der Waals surface area contributed by atoms with Crippen LogP contribution in [-0.2, 0) is 0 Å².